The number of nitrogens with two attached hydrogens (primary N) is 1. The highest BCUT2D eigenvalue weighted by Gasteiger charge is 2.21. The minimum absolute atomic E-state index is 0.0795. The van der Waals surface area contributed by atoms with Gasteiger partial charge in [-0.2, -0.15) is 0 Å². The van der Waals surface area contributed by atoms with Crippen LogP contribution in [0.1, 0.15) is 51.9 Å². The third-order valence-corrected chi connectivity index (χ3v) is 4.31. The van der Waals surface area contributed by atoms with Crippen LogP contribution in [-0.2, 0) is 9.59 Å². The van der Waals surface area contributed by atoms with Crippen LogP contribution in [0.5, 0.6) is 0 Å². The van der Waals surface area contributed by atoms with Crippen molar-refractivity contribution in [2.75, 3.05) is 10.6 Å². The molecule has 0 radical (unpaired) electrons. The van der Waals surface area contributed by atoms with Gasteiger partial charge in [-0.3, -0.25) is 9.59 Å². The third-order valence-electron chi connectivity index (χ3n) is 4.31. The minimum atomic E-state index is -0.500. The number of hydrogen-bond acceptors (Lipinski definition) is 3. The van der Waals surface area contributed by atoms with E-state index in [2.05, 4.69) is 10.6 Å². The number of amides is 2. The molecular weight excluding hydrogens is 290 g/mol. The molecule has 1 unspecified atom stereocenters. The van der Waals surface area contributed by atoms with Crippen LogP contribution in [0.25, 0.3) is 0 Å². The first-order valence-electron chi connectivity index (χ1n) is 8.57. The Kier molecular flexibility index (Phi) is 6.59. The second kappa shape index (κ2) is 8.67. The Balaban J connectivity index is 1.93. The molecule has 1 fully saturated rings. The maximum absolute atomic E-state index is 12.3. The van der Waals surface area contributed by atoms with E-state index in [-0.39, 0.29) is 17.7 Å². The zero-order valence-electron chi connectivity index (χ0n) is 13.8. The Morgan fingerprint density at radius 2 is 1.83 bits per heavy atom. The van der Waals surface area contributed by atoms with Crippen LogP contribution >= 0.6 is 0 Å². The van der Waals surface area contributed by atoms with Gasteiger partial charge in [0.15, 0.2) is 0 Å². The van der Waals surface area contributed by atoms with Crippen LogP contribution < -0.4 is 16.4 Å². The normalized spacial score (nSPS) is 16.6. The Hall–Kier alpha value is -1.88. The number of nitrogens with one attached hydrogen (secondary N) is 2. The number of anilines is 2. The molecule has 2 amide bonds. The molecule has 2 rings (SSSR count). The Morgan fingerprint density at radius 1 is 1.17 bits per heavy atom. The Morgan fingerprint density at radius 3 is 2.48 bits per heavy atom. The fourth-order valence-corrected chi connectivity index (χ4v) is 2.96. The lowest BCUT2D eigenvalue weighted by atomic mass is 9.88. The average Bonchev–Trinajstić information content (AvgIpc) is 2.56. The van der Waals surface area contributed by atoms with Gasteiger partial charge >= 0.3 is 0 Å². The highest BCUT2D eigenvalue weighted by atomic mass is 16.2. The second-order valence-electron chi connectivity index (χ2n) is 6.29. The van der Waals surface area contributed by atoms with Crippen LogP contribution in [0, 0.1) is 5.92 Å². The van der Waals surface area contributed by atoms with Crippen molar-refractivity contribution in [3.8, 4) is 0 Å². The molecule has 1 aliphatic carbocycles. The summed E-state index contributed by atoms with van der Waals surface area (Å²) in [5, 5.41) is 5.76. The minimum Gasteiger partial charge on any atom is -0.326 e. The van der Waals surface area contributed by atoms with E-state index >= 15 is 0 Å². The van der Waals surface area contributed by atoms with Crippen molar-refractivity contribution in [1.82, 2.24) is 0 Å². The second-order valence-corrected chi connectivity index (χ2v) is 6.29. The lowest BCUT2D eigenvalue weighted by molar-refractivity contribution is -0.120. The SMILES string of the molecule is CCCC(N)C(=O)Nc1cccc(NC(=O)C2CCCCC2)c1. The smallest absolute Gasteiger partial charge is 0.241 e. The first-order valence-corrected chi connectivity index (χ1v) is 8.57. The molecule has 1 saturated carbocycles. The number of carbonyl (C=O) groups is 2. The van der Waals surface area contributed by atoms with Gasteiger partial charge in [-0.1, -0.05) is 38.7 Å². The van der Waals surface area contributed by atoms with E-state index in [1.54, 1.807) is 12.1 Å². The lowest BCUT2D eigenvalue weighted by Gasteiger charge is -2.21. The molecule has 5 heteroatoms. The summed E-state index contributed by atoms with van der Waals surface area (Å²) in [6.07, 6.45) is 6.94. The van der Waals surface area contributed by atoms with Gasteiger partial charge in [0, 0.05) is 17.3 Å². The summed E-state index contributed by atoms with van der Waals surface area (Å²) in [4.78, 5) is 24.2. The van der Waals surface area contributed by atoms with Crippen molar-refractivity contribution in [1.29, 1.82) is 0 Å². The molecule has 1 atom stereocenters. The summed E-state index contributed by atoms with van der Waals surface area (Å²) >= 11 is 0. The molecule has 1 aromatic carbocycles. The van der Waals surface area contributed by atoms with Crippen LogP contribution in [0.3, 0.4) is 0 Å². The van der Waals surface area contributed by atoms with E-state index < -0.39 is 6.04 Å². The number of benzene rings is 1. The van der Waals surface area contributed by atoms with Gasteiger partial charge in [0.2, 0.25) is 11.8 Å². The molecule has 126 valence electrons. The average molecular weight is 317 g/mol. The van der Waals surface area contributed by atoms with Crippen LogP contribution in [0.2, 0.25) is 0 Å². The van der Waals surface area contributed by atoms with Crippen molar-refractivity contribution in [3.63, 3.8) is 0 Å². The fraction of sp³-hybridized carbons (Fsp3) is 0.556. The van der Waals surface area contributed by atoms with Crippen molar-refractivity contribution in [2.45, 2.75) is 57.9 Å². The Bertz CT molecular complexity index is 539. The third kappa shape index (κ3) is 5.36. The molecule has 1 aliphatic rings. The molecule has 0 aromatic heterocycles. The summed E-state index contributed by atoms with van der Waals surface area (Å²) in [6.45, 7) is 1.99. The van der Waals surface area contributed by atoms with Gasteiger partial charge in [0.25, 0.3) is 0 Å². The van der Waals surface area contributed by atoms with Crippen molar-refractivity contribution in [2.24, 2.45) is 11.7 Å². The zero-order valence-corrected chi connectivity index (χ0v) is 13.8. The van der Waals surface area contributed by atoms with Gasteiger partial charge in [0.05, 0.1) is 6.04 Å². The van der Waals surface area contributed by atoms with E-state index in [1.165, 1.54) is 6.42 Å². The topological polar surface area (TPSA) is 84.2 Å². The van der Waals surface area contributed by atoms with Gasteiger partial charge in [-0.25, -0.2) is 0 Å². The molecule has 0 bridgehead atoms. The van der Waals surface area contributed by atoms with Crippen LogP contribution in [0.4, 0.5) is 11.4 Å². The van der Waals surface area contributed by atoms with Gasteiger partial charge in [0.1, 0.15) is 0 Å². The number of rotatable bonds is 6. The van der Waals surface area contributed by atoms with E-state index in [4.69, 9.17) is 5.73 Å². The standard InChI is InChI=1S/C18H27N3O2/c1-2-7-16(19)18(23)21-15-11-6-10-14(12-15)20-17(22)13-8-4-3-5-9-13/h6,10-13,16H,2-5,7-9,19H2,1H3,(H,20,22)(H,21,23). The first-order chi connectivity index (χ1) is 11.1. The summed E-state index contributed by atoms with van der Waals surface area (Å²) < 4.78 is 0. The molecule has 1 aromatic rings. The van der Waals surface area contributed by atoms with E-state index in [0.717, 1.165) is 32.1 Å². The number of hydrogen-bond donors (Lipinski definition) is 3. The van der Waals surface area contributed by atoms with Crippen molar-refractivity contribution in [3.05, 3.63) is 24.3 Å². The molecule has 4 N–H and O–H groups in total. The molecule has 0 spiro atoms. The molecule has 0 heterocycles. The van der Waals surface area contributed by atoms with Gasteiger partial charge in [-0.15, -0.1) is 0 Å². The fourth-order valence-electron chi connectivity index (χ4n) is 2.96. The van der Waals surface area contributed by atoms with Gasteiger partial charge in [-0.05, 0) is 37.5 Å². The van der Waals surface area contributed by atoms with E-state index in [9.17, 15) is 9.59 Å². The predicted octanol–water partition coefficient (Wildman–Crippen LogP) is 3.27. The predicted molar refractivity (Wildman–Crippen MR) is 93.2 cm³/mol. The quantitative estimate of drug-likeness (QED) is 0.753. The van der Waals surface area contributed by atoms with Crippen molar-refractivity contribution < 1.29 is 9.59 Å². The number of carbonyl (C=O) groups excluding carboxylic acids is 2. The summed E-state index contributed by atoms with van der Waals surface area (Å²) in [5.74, 6) is -0.00144. The summed E-state index contributed by atoms with van der Waals surface area (Å²) in [7, 11) is 0. The van der Waals surface area contributed by atoms with E-state index in [1.807, 2.05) is 19.1 Å². The largest absolute Gasteiger partial charge is 0.326 e. The molecular formula is C18H27N3O2. The molecule has 0 saturated heterocycles. The van der Waals surface area contributed by atoms with E-state index in [0.29, 0.717) is 17.8 Å². The highest BCUT2D eigenvalue weighted by Crippen LogP contribution is 2.25. The molecule has 0 aliphatic heterocycles. The summed E-state index contributed by atoms with van der Waals surface area (Å²) in [5.41, 5.74) is 7.18. The highest BCUT2D eigenvalue weighted by molar-refractivity contribution is 5.96. The molecule has 23 heavy (non-hydrogen) atoms. The maximum atomic E-state index is 12.3. The molecule has 5 nitrogen and oxygen atoms in total. The Labute approximate surface area is 138 Å². The van der Waals surface area contributed by atoms with Crippen LogP contribution in [0.15, 0.2) is 24.3 Å². The zero-order chi connectivity index (χ0) is 16.7. The summed E-state index contributed by atoms with van der Waals surface area (Å²) in [6, 6.07) is 6.73. The lowest BCUT2D eigenvalue weighted by Crippen LogP contribution is -2.35. The monoisotopic (exact) mass is 317 g/mol. The van der Waals surface area contributed by atoms with Crippen LogP contribution in [-0.4, -0.2) is 17.9 Å². The maximum Gasteiger partial charge on any atom is 0.241 e. The van der Waals surface area contributed by atoms with Crippen molar-refractivity contribution >= 4 is 23.2 Å². The first kappa shape index (κ1) is 17.5. The van der Waals surface area contributed by atoms with Gasteiger partial charge < -0.3 is 16.4 Å².